The van der Waals surface area contributed by atoms with Gasteiger partial charge in [0.2, 0.25) is 0 Å². The number of hydrogen-bond donors (Lipinski definition) is 1. The van der Waals surface area contributed by atoms with Gasteiger partial charge in [-0.25, -0.2) is 0 Å². The van der Waals surface area contributed by atoms with Crippen LogP contribution in [0.25, 0.3) is 0 Å². The minimum absolute atomic E-state index is 0. The Bertz CT molecular complexity index is 1250. The lowest BCUT2D eigenvalue weighted by atomic mass is 9.77. The van der Waals surface area contributed by atoms with Crippen LogP contribution < -0.4 is 20.3 Å². The number of carboxylic acids is 1. The van der Waals surface area contributed by atoms with E-state index in [4.69, 9.17) is 15.2 Å². The number of carbonyl (C=O) groups excluding carboxylic acids is 1. The Balaban J connectivity index is 0. The Morgan fingerprint density at radius 1 is 0.756 bits per heavy atom. The molecule has 0 aromatic heterocycles. The predicted molar refractivity (Wildman–Crippen MR) is 204 cm³/mol. The number of nitrogens with two attached hydrogens (primary N) is 1. The van der Waals surface area contributed by atoms with Crippen LogP contribution in [0.3, 0.4) is 0 Å². The highest BCUT2D eigenvalue weighted by atomic mass is 32.1. The third kappa shape index (κ3) is 14.4. The molecule has 0 fully saturated rings. The average molecular weight is 677 g/mol. The maximum Gasteiger partial charge on any atom is 0.161 e. The zero-order chi connectivity index (χ0) is 31.4. The fourth-order valence-corrected chi connectivity index (χ4v) is 5.01. The van der Waals surface area contributed by atoms with Gasteiger partial charge in [-0.1, -0.05) is 97.0 Å². The highest BCUT2D eigenvalue weighted by Crippen LogP contribution is 2.41. The minimum atomic E-state index is -1.02. The van der Waals surface area contributed by atoms with E-state index in [1.807, 2.05) is 36.4 Å². The molecule has 0 bridgehead atoms. The van der Waals surface area contributed by atoms with E-state index in [2.05, 4.69) is 65.8 Å². The van der Waals surface area contributed by atoms with Crippen molar-refractivity contribution in [2.75, 3.05) is 20.8 Å². The number of benzene rings is 3. The summed E-state index contributed by atoms with van der Waals surface area (Å²) in [6.45, 7) is 15.7. The van der Waals surface area contributed by atoms with Gasteiger partial charge < -0.3 is 25.1 Å². The van der Waals surface area contributed by atoms with Crippen molar-refractivity contribution in [1.29, 1.82) is 0 Å². The molecule has 254 valence electrons. The summed E-state index contributed by atoms with van der Waals surface area (Å²) < 4.78 is 10.5. The van der Waals surface area contributed by atoms with Crippen LogP contribution in [0.15, 0.2) is 60.7 Å². The van der Waals surface area contributed by atoms with Crippen LogP contribution in [0.1, 0.15) is 99.6 Å². The lowest BCUT2D eigenvalue weighted by molar-refractivity contribution is -0.307. The lowest BCUT2D eigenvalue weighted by Crippen LogP contribution is -2.27. The van der Waals surface area contributed by atoms with Crippen molar-refractivity contribution in [1.82, 2.24) is 0 Å². The fraction of sp³-hybridized carbons (Fsp3) is 0.486. The van der Waals surface area contributed by atoms with E-state index in [1.165, 1.54) is 34.2 Å². The van der Waals surface area contributed by atoms with E-state index >= 15 is 0 Å². The number of hydrogen-bond acceptors (Lipinski definition) is 5. The van der Waals surface area contributed by atoms with Crippen molar-refractivity contribution in [3.05, 3.63) is 94.0 Å². The van der Waals surface area contributed by atoms with E-state index in [9.17, 15) is 9.90 Å². The van der Waals surface area contributed by atoms with Crippen LogP contribution in [-0.2, 0) is 24.1 Å². The van der Waals surface area contributed by atoms with Gasteiger partial charge in [-0.2, -0.15) is 40.5 Å². The molecule has 45 heavy (non-hydrogen) atoms. The number of aliphatic carboxylic acids is 1. The lowest BCUT2D eigenvalue weighted by Gasteiger charge is -2.30. The molecule has 3 aromatic rings. The molecule has 8 heteroatoms. The number of fused-ring (bicyclic) bond motifs is 1. The molecule has 0 aliphatic heterocycles. The van der Waals surface area contributed by atoms with Gasteiger partial charge in [0.1, 0.15) is 0 Å². The summed E-state index contributed by atoms with van der Waals surface area (Å²) >= 11 is 0. The van der Waals surface area contributed by atoms with E-state index in [0.717, 1.165) is 35.8 Å². The van der Waals surface area contributed by atoms with E-state index in [1.54, 1.807) is 21.1 Å². The number of ether oxygens (including phenoxy) is 2. The van der Waals surface area contributed by atoms with Gasteiger partial charge in [0.15, 0.2) is 11.5 Å². The highest BCUT2D eigenvalue weighted by molar-refractivity contribution is 7.59. The molecule has 0 radical (unpaired) electrons. The molecule has 1 aliphatic rings. The largest absolute Gasteiger partial charge is 0.550 e. The summed E-state index contributed by atoms with van der Waals surface area (Å²) in [5.74, 6) is 2.58. The molecular formula is C37H58NO4S3-. The normalized spacial score (nSPS) is 13.2. The fourth-order valence-electron chi connectivity index (χ4n) is 5.01. The molecule has 2 N–H and O–H groups in total. The van der Waals surface area contributed by atoms with Crippen LogP contribution in [-0.4, -0.2) is 26.7 Å². The SMILES string of the molecule is CC(C)Cc1ccc(C(C)C)cc1.CC(C)Cc1ccc([C@@H](C)C(=O)[O-])cc1.COc1cc2c(cc1OC)C(CN)C2.S.S.S. The van der Waals surface area contributed by atoms with Crippen LogP contribution in [0.5, 0.6) is 11.5 Å². The molecule has 3 aromatic carbocycles. The number of carboxylic acid groups (broad SMARTS) is 1. The molecule has 0 amide bonds. The van der Waals surface area contributed by atoms with Gasteiger partial charge in [0.25, 0.3) is 0 Å². The molecule has 4 rings (SSSR count). The minimum Gasteiger partial charge on any atom is -0.550 e. The van der Waals surface area contributed by atoms with Crippen LogP contribution in [0.2, 0.25) is 0 Å². The van der Waals surface area contributed by atoms with Crippen molar-refractivity contribution in [2.45, 2.75) is 85.5 Å². The molecule has 1 unspecified atom stereocenters. The quantitative estimate of drug-likeness (QED) is 0.242. The van der Waals surface area contributed by atoms with Crippen molar-refractivity contribution in [3.63, 3.8) is 0 Å². The Morgan fingerprint density at radius 3 is 1.53 bits per heavy atom. The van der Waals surface area contributed by atoms with Gasteiger partial charge in [0, 0.05) is 17.8 Å². The van der Waals surface area contributed by atoms with Crippen LogP contribution in [0, 0.1) is 11.8 Å². The average Bonchev–Trinajstić information content (AvgIpc) is 2.94. The topological polar surface area (TPSA) is 84.6 Å². The Labute approximate surface area is 294 Å². The number of carbonyl (C=O) groups is 1. The van der Waals surface area contributed by atoms with Gasteiger partial charge in [-0.3, -0.25) is 0 Å². The van der Waals surface area contributed by atoms with E-state index in [-0.39, 0.29) is 40.5 Å². The first-order valence-electron chi connectivity index (χ1n) is 15.2. The summed E-state index contributed by atoms with van der Waals surface area (Å²) in [5, 5.41) is 10.7. The first-order valence-corrected chi connectivity index (χ1v) is 15.2. The van der Waals surface area contributed by atoms with Crippen molar-refractivity contribution in [2.24, 2.45) is 17.6 Å². The number of rotatable bonds is 10. The predicted octanol–water partition coefficient (Wildman–Crippen LogP) is 7.39. The summed E-state index contributed by atoms with van der Waals surface area (Å²) in [6, 6.07) is 20.8. The molecule has 0 spiro atoms. The number of methoxy groups -OCH3 is 2. The molecule has 0 heterocycles. The summed E-state index contributed by atoms with van der Waals surface area (Å²) in [4.78, 5) is 10.7. The zero-order valence-electron chi connectivity index (χ0n) is 28.7. The summed E-state index contributed by atoms with van der Waals surface area (Å²) in [6.07, 6.45) is 3.28. The molecule has 1 aliphatic carbocycles. The standard InChI is InChI=1S/C13H18O2.C13H20.C11H15NO2.3H2S/c1-9(2)8-11-4-6-12(7-5-11)10(3)13(14)15;1-10(2)9-12-5-7-13(8-6-12)11(3)4;1-13-10-4-7-3-8(6-12)9(7)5-11(10)14-2;;;/h4-7,9-10H,8H2,1-3H3,(H,14,15);5-8,10-11H,9H2,1-4H3;4-5,8H,3,6,12H2,1-2H3;3*1H2/p-1/t10-;;;;;/m1...../s1. The second-order valence-electron chi connectivity index (χ2n) is 12.4. The maximum atomic E-state index is 10.7. The monoisotopic (exact) mass is 676 g/mol. The Kier molecular flexibility index (Phi) is 22.2. The molecular weight excluding hydrogens is 619 g/mol. The van der Waals surface area contributed by atoms with Crippen molar-refractivity contribution < 1.29 is 19.4 Å². The van der Waals surface area contributed by atoms with Crippen molar-refractivity contribution in [3.8, 4) is 11.5 Å². The smallest absolute Gasteiger partial charge is 0.161 e. The first kappa shape index (κ1) is 44.9. The van der Waals surface area contributed by atoms with Gasteiger partial charge >= 0.3 is 0 Å². The van der Waals surface area contributed by atoms with Gasteiger partial charge in [0.05, 0.1) is 14.2 Å². The van der Waals surface area contributed by atoms with E-state index in [0.29, 0.717) is 24.3 Å². The van der Waals surface area contributed by atoms with Gasteiger partial charge in [-0.15, -0.1) is 0 Å². The van der Waals surface area contributed by atoms with E-state index < -0.39 is 11.9 Å². The highest BCUT2D eigenvalue weighted by Gasteiger charge is 2.27. The Hall–Kier alpha value is -2.26. The molecule has 2 atom stereocenters. The second-order valence-corrected chi connectivity index (χ2v) is 12.4. The Morgan fingerprint density at radius 2 is 1.18 bits per heavy atom. The molecule has 0 saturated carbocycles. The zero-order valence-corrected chi connectivity index (χ0v) is 31.7. The summed E-state index contributed by atoms with van der Waals surface area (Å²) in [7, 11) is 3.31. The third-order valence-corrected chi connectivity index (χ3v) is 7.60. The maximum absolute atomic E-state index is 10.7. The van der Waals surface area contributed by atoms with Crippen LogP contribution in [0.4, 0.5) is 0 Å². The van der Waals surface area contributed by atoms with Gasteiger partial charge in [-0.05, 0) is 89.1 Å². The van der Waals surface area contributed by atoms with Crippen LogP contribution >= 0.6 is 40.5 Å². The van der Waals surface area contributed by atoms with Crippen molar-refractivity contribution >= 4 is 46.5 Å². The second kappa shape index (κ2) is 22.3. The molecule has 5 nitrogen and oxygen atoms in total. The first-order chi connectivity index (χ1) is 19.9. The summed E-state index contributed by atoms with van der Waals surface area (Å²) in [5.41, 5.74) is 13.2. The third-order valence-electron chi connectivity index (χ3n) is 7.60. The molecule has 0 saturated heterocycles.